The van der Waals surface area contributed by atoms with Crippen LogP contribution >= 0.6 is 0 Å². The summed E-state index contributed by atoms with van der Waals surface area (Å²) in [5, 5.41) is 0. The lowest BCUT2D eigenvalue weighted by atomic mass is 10.0. The van der Waals surface area contributed by atoms with Crippen molar-refractivity contribution in [2.45, 2.75) is 19.8 Å². The van der Waals surface area contributed by atoms with Gasteiger partial charge in [-0.15, -0.1) is 6.58 Å². The average Bonchev–Trinajstić information content (AvgIpc) is 2.99. The fraction of sp³-hybridized carbons (Fsp3) is 0.114. The summed E-state index contributed by atoms with van der Waals surface area (Å²) in [6, 6.07) is 23.0. The maximum atomic E-state index is 12.2. The molecule has 0 aliphatic heterocycles. The summed E-state index contributed by atoms with van der Waals surface area (Å²) in [7, 11) is 0. The highest BCUT2D eigenvalue weighted by Crippen LogP contribution is 2.27. The monoisotopic (exact) mass is 566 g/mol. The molecule has 0 spiro atoms. The van der Waals surface area contributed by atoms with Crippen LogP contribution in [0.4, 0.5) is 0 Å². The van der Waals surface area contributed by atoms with Gasteiger partial charge in [0.25, 0.3) is 6.47 Å². The number of esters is 2. The summed E-state index contributed by atoms with van der Waals surface area (Å²) in [6.07, 6.45) is 6.41. The number of carbonyl (C=O) groups is 3. The molecular formula is C35H34O7. The molecule has 7 nitrogen and oxygen atoms in total. The zero-order chi connectivity index (χ0) is 30.7. The van der Waals surface area contributed by atoms with E-state index in [2.05, 4.69) is 35.8 Å². The molecule has 0 radical (unpaired) electrons. The highest BCUT2D eigenvalue weighted by Gasteiger charge is 2.08. The van der Waals surface area contributed by atoms with Gasteiger partial charge in [-0.25, -0.2) is 4.79 Å². The number of rotatable bonds is 14. The third-order valence-corrected chi connectivity index (χ3v) is 5.41. The molecule has 0 fully saturated rings. The van der Waals surface area contributed by atoms with Crippen molar-refractivity contribution in [2.24, 2.45) is 0 Å². The Balaban J connectivity index is 0.00000197. The van der Waals surface area contributed by atoms with E-state index in [1.165, 1.54) is 12.2 Å². The first-order chi connectivity index (χ1) is 20.3. The largest absolute Gasteiger partial charge is 0.494 e. The first-order valence-corrected chi connectivity index (χ1v) is 13.0. The Bertz CT molecular complexity index is 1400. The molecule has 0 amide bonds. The predicted molar refractivity (Wildman–Crippen MR) is 164 cm³/mol. The van der Waals surface area contributed by atoms with E-state index in [-0.39, 0.29) is 30.2 Å². The van der Waals surface area contributed by atoms with Gasteiger partial charge in [0.2, 0.25) is 0 Å². The Hall–Kier alpha value is -5.43. The van der Waals surface area contributed by atoms with Gasteiger partial charge in [0.05, 0.1) is 18.4 Å². The first kappa shape index (κ1) is 32.8. The van der Waals surface area contributed by atoms with Gasteiger partial charge >= 0.3 is 11.9 Å². The van der Waals surface area contributed by atoms with Crippen molar-refractivity contribution >= 4 is 18.4 Å². The topological polar surface area (TPSA) is 88.1 Å². The third kappa shape index (κ3) is 11.4. The smallest absolute Gasteiger partial charge is 0.342 e. The Labute approximate surface area is 246 Å². The molecule has 7 heteroatoms. The van der Waals surface area contributed by atoms with E-state index in [0.29, 0.717) is 18.8 Å². The molecule has 0 unspecified atom stereocenters. The van der Waals surface area contributed by atoms with Crippen LogP contribution in [0.3, 0.4) is 0 Å². The van der Waals surface area contributed by atoms with Crippen molar-refractivity contribution < 1.29 is 33.3 Å². The fourth-order valence-electron chi connectivity index (χ4n) is 3.41. The molecule has 42 heavy (non-hydrogen) atoms. The second-order valence-electron chi connectivity index (χ2n) is 8.57. The number of hydrogen-bond acceptors (Lipinski definition) is 7. The zero-order valence-electron chi connectivity index (χ0n) is 23.6. The van der Waals surface area contributed by atoms with Crippen LogP contribution in [0, 0.1) is 0 Å². The number of carbonyl (C=O) groups excluding carboxylic acids is 3. The number of allylic oxidation sites excluding steroid dienone is 2. The number of ether oxygens (including phenoxy) is 4. The third-order valence-electron chi connectivity index (χ3n) is 5.41. The highest BCUT2D eigenvalue weighted by atomic mass is 16.5. The molecule has 0 aliphatic rings. The van der Waals surface area contributed by atoms with Gasteiger partial charge in [-0.3, -0.25) is 9.59 Å². The highest BCUT2D eigenvalue weighted by molar-refractivity contribution is 5.92. The van der Waals surface area contributed by atoms with E-state index in [4.69, 9.17) is 9.47 Å². The van der Waals surface area contributed by atoms with Crippen LogP contribution in [0.5, 0.6) is 11.5 Å². The molecule has 3 aromatic carbocycles. The van der Waals surface area contributed by atoms with E-state index in [9.17, 15) is 14.4 Å². The van der Waals surface area contributed by atoms with Gasteiger partial charge in [-0.2, -0.15) is 0 Å². The van der Waals surface area contributed by atoms with Crippen LogP contribution in [-0.2, 0) is 23.9 Å². The standard InChI is InChI=1S/C32H28O7.C3H6/c1-4-36-31(34)6-5-21-37-29-17-13-27(14-18-29)25-9-11-26(12-10-25)28-15-19-30(20-16-28)39-32(35)23(2)7-8-24(3)38-22-33;1-3-2/h4,7-20,22H,1-3,5-6,21H2;3H,1H2,2H3/b8-7-;. The van der Waals surface area contributed by atoms with Crippen molar-refractivity contribution in [3.63, 3.8) is 0 Å². The molecule has 3 rings (SSSR count). The summed E-state index contributed by atoms with van der Waals surface area (Å²) in [4.78, 5) is 33.8. The lowest BCUT2D eigenvalue weighted by molar-refractivity contribution is -0.138. The van der Waals surface area contributed by atoms with E-state index in [1.807, 2.05) is 67.6 Å². The average molecular weight is 567 g/mol. The molecule has 0 bridgehead atoms. The van der Waals surface area contributed by atoms with Gasteiger partial charge in [0.15, 0.2) is 0 Å². The maximum Gasteiger partial charge on any atom is 0.342 e. The van der Waals surface area contributed by atoms with Gasteiger partial charge < -0.3 is 18.9 Å². The van der Waals surface area contributed by atoms with E-state index < -0.39 is 5.97 Å². The zero-order valence-corrected chi connectivity index (χ0v) is 23.6. The molecule has 0 atom stereocenters. The van der Waals surface area contributed by atoms with E-state index in [1.54, 1.807) is 18.2 Å². The maximum absolute atomic E-state index is 12.2. The van der Waals surface area contributed by atoms with Crippen LogP contribution in [0.1, 0.15) is 19.8 Å². The molecule has 0 heterocycles. The number of benzene rings is 3. The normalized spacial score (nSPS) is 9.93. The predicted octanol–water partition coefficient (Wildman–Crippen LogP) is 7.76. The molecule has 216 valence electrons. The molecule has 0 N–H and O–H groups in total. The van der Waals surface area contributed by atoms with Crippen LogP contribution in [0.2, 0.25) is 0 Å². The summed E-state index contributed by atoms with van der Waals surface area (Å²) < 4.78 is 20.2. The van der Waals surface area contributed by atoms with Gasteiger partial charge in [0.1, 0.15) is 17.3 Å². The van der Waals surface area contributed by atoms with Crippen LogP contribution in [-0.4, -0.2) is 25.0 Å². The van der Waals surface area contributed by atoms with Crippen LogP contribution in [0.25, 0.3) is 22.3 Å². The molecule has 0 aliphatic carbocycles. The molecule has 0 saturated heterocycles. The van der Waals surface area contributed by atoms with Gasteiger partial charge in [0, 0.05) is 6.42 Å². The summed E-state index contributed by atoms with van der Waals surface area (Å²) in [5.41, 5.74) is 4.14. The SMILES string of the molecule is C=CC.C=COC(=O)CCCOc1ccc(-c2ccc(-c3ccc(OC(=O)C(=C)/C=C\C(=C)OC=O)cc3)cc2)cc1. The minimum absolute atomic E-state index is 0.0794. The lowest BCUT2D eigenvalue weighted by Crippen LogP contribution is -2.09. The molecule has 0 saturated carbocycles. The lowest BCUT2D eigenvalue weighted by Gasteiger charge is -2.09. The van der Waals surface area contributed by atoms with E-state index >= 15 is 0 Å². The Kier molecular flexibility index (Phi) is 14.1. The molecule has 3 aromatic rings. The van der Waals surface area contributed by atoms with Crippen molar-refractivity contribution in [1.82, 2.24) is 0 Å². The van der Waals surface area contributed by atoms with Crippen LogP contribution in [0.15, 0.2) is 135 Å². The number of hydrogen-bond donors (Lipinski definition) is 0. The van der Waals surface area contributed by atoms with Gasteiger partial charge in [-0.05, 0) is 72.0 Å². The van der Waals surface area contributed by atoms with Crippen molar-refractivity contribution in [2.75, 3.05) is 6.61 Å². The summed E-state index contributed by atoms with van der Waals surface area (Å²) in [5.74, 6) is 0.222. The minimum Gasteiger partial charge on any atom is -0.494 e. The second kappa shape index (κ2) is 18.0. The second-order valence-corrected chi connectivity index (χ2v) is 8.57. The minimum atomic E-state index is -0.633. The van der Waals surface area contributed by atoms with Crippen molar-refractivity contribution in [1.29, 1.82) is 0 Å². The van der Waals surface area contributed by atoms with E-state index in [0.717, 1.165) is 34.3 Å². The van der Waals surface area contributed by atoms with Crippen molar-refractivity contribution in [3.05, 3.63) is 135 Å². The Morgan fingerprint density at radius 2 is 1.21 bits per heavy atom. The Morgan fingerprint density at radius 3 is 1.69 bits per heavy atom. The van der Waals surface area contributed by atoms with Crippen molar-refractivity contribution in [3.8, 4) is 33.8 Å². The Morgan fingerprint density at radius 1 is 0.738 bits per heavy atom. The molecular weight excluding hydrogens is 532 g/mol. The van der Waals surface area contributed by atoms with Gasteiger partial charge in [-0.1, -0.05) is 74.3 Å². The van der Waals surface area contributed by atoms with Crippen LogP contribution < -0.4 is 9.47 Å². The quantitative estimate of drug-likeness (QED) is 0.0288. The molecule has 0 aromatic heterocycles. The summed E-state index contributed by atoms with van der Waals surface area (Å²) in [6.45, 7) is 16.4. The fourth-order valence-corrected chi connectivity index (χ4v) is 3.41. The summed E-state index contributed by atoms with van der Waals surface area (Å²) >= 11 is 0. The first-order valence-electron chi connectivity index (χ1n) is 13.0.